The molecule has 0 atom stereocenters. The fourth-order valence-corrected chi connectivity index (χ4v) is 2.68. The minimum Gasteiger partial charge on any atom is -0.496 e. The summed E-state index contributed by atoms with van der Waals surface area (Å²) in [4.78, 5) is 4.80. The second kappa shape index (κ2) is 5.46. The molecule has 4 nitrogen and oxygen atoms in total. The zero-order valence-corrected chi connectivity index (χ0v) is 13.2. The molecule has 3 aromatic rings. The number of hydrogen-bond donors (Lipinski definition) is 1. The standard InChI is InChI=1S/C18H21N3O/c1-18(2,19)12-21-15-10-6-5-9-14(15)20-17(21)13-8-4-7-11-16(13)22-3/h4-11H,12,19H2,1-3H3. The largest absolute Gasteiger partial charge is 0.496 e. The maximum Gasteiger partial charge on any atom is 0.144 e. The smallest absolute Gasteiger partial charge is 0.144 e. The monoisotopic (exact) mass is 295 g/mol. The second-order valence-corrected chi connectivity index (χ2v) is 6.20. The van der Waals surface area contributed by atoms with Crippen LogP contribution in [0.4, 0.5) is 0 Å². The van der Waals surface area contributed by atoms with Gasteiger partial charge in [-0.15, -0.1) is 0 Å². The summed E-state index contributed by atoms with van der Waals surface area (Å²) in [5, 5.41) is 0. The van der Waals surface area contributed by atoms with E-state index in [0.29, 0.717) is 6.54 Å². The molecule has 22 heavy (non-hydrogen) atoms. The fraction of sp³-hybridized carbons (Fsp3) is 0.278. The van der Waals surface area contributed by atoms with Gasteiger partial charge < -0.3 is 15.0 Å². The highest BCUT2D eigenvalue weighted by molar-refractivity contribution is 5.82. The van der Waals surface area contributed by atoms with Crippen LogP contribution in [0.3, 0.4) is 0 Å². The normalized spacial score (nSPS) is 11.8. The first-order valence-electron chi connectivity index (χ1n) is 7.37. The molecule has 0 spiro atoms. The molecule has 1 heterocycles. The Bertz CT molecular complexity index is 799. The van der Waals surface area contributed by atoms with E-state index in [1.165, 1.54) is 0 Å². The molecule has 2 aromatic carbocycles. The number of rotatable bonds is 4. The van der Waals surface area contributed by atoms with Crippen LogP contribution in [0, 0.1) is 0 Å². The van der Waals surface area contributed by atoms with Crippen LogP contribution >= 0.6 is 0 Å². The molecule has 0 saturated carbocycles. The molecule has 4 heteroatoms. The zero-order chi connectivity index (χ0) is 15.7. The van der Waals surface area contributed by atoms with E-state index in [1.807, 2.05) is 56.3 Å². The van der Waals surface area contributed by atoms with E-state index < -0.39 is 0 Å². The van der Waals surface area contributed by atoms with Crippen LogP contribution in [0.2, 0.25) is 0 Å². The van der Waals surface area contributed by atoms with Crippen molar-refractivity contribution in [3.63, 3.8) is 0 Å². The van der Waals surface area contributed by atoms with Crippen LogP contribution in [-0.2, 0) is 6.54 Å². The van der Waals surface area contributed by atoms with Crippen molar-refractivity contribution in [1.29, 1.82) is 0 Å². The summed E-state index contributed by atoms with van der Waals surface area (Å²) in [6, 6.07) is 16.1. The van der Waals surface area contributed by atoms with Crippen molar-refractivity contribution < 1.29 is 4.74 Å². The van der Waals surface area contributed by atoms with E-state index in [1.54, 1.807) is 7.11 Å². The third-order valence-electron chi connectivity index (χ3n) is 3.57. The summed E-state index contributed by atoms with van der Waals surface area (Å²) in [7, 11) is 1.68. The molecule has 0 fully saturated rings. The third kappa shape index (κ3) is 2.70. The lowest BCUT2D eigenvalue weighted by atomic mass is 10.1. The van der Waals surface area contributed by atoms with Crippen LogP contribution in [0.15, 0.2) is 48.5 Å². The molecule has 0 bridgehead atoms. The maximum absolute atomic E-state index is 6.26. The van der Waals surface area contributed by atoms with Gasteiger partial charge in [-0.3, -0.25) is 0 Å². The summed E-state index contributed by atoms with van der Waals surface area (Å²) in [6.07, 6.45) is 0. The van der Waals surface area contributed by atoms with Gasteiger partial charge in [0.05, 0.1) is 23.7 Å². The molecule has 114 valence electrons. The Labute approximate surface area is 130 Å². The van der Waals surface area contributed by atoms with Gasteiger partial charge in [-0.2, -0.15) is 0 Å². The number of ether oxygens (including phenoxy) is 1. The van der Waals surface area contributed by atoms with Gasteiger partial charge in [0.25, 0.3) is 0 Å². The van der Waals surface area contributed by atoms with E-state index in [-0.39, 0.29) is 5.54 Å². The SMILES string of the molecule is COc1ccccc1-c1nc2ccccc2n1CC(C)(C)N. The molecule has 2 N–H and O–H groups in total. The average molecular weight is 295 g/mol. The summed E-state index contributed by atoms with van der Waals surface area (Å²) in [5.41, 5.74) is 8.95. The Morgan fingerprint density at radius 1 is 1.09 bits per heavy atom. The summed E-state index contributed by atoms with van der Waals surface area (Å²) in [6.45, 7) is 4.72. The lowest BCUT2D eigenvalue weighted by molar-refractivity contribution is 0.414. The number of fused-ring (bicyclic) bond motifs is 1. The number of para-hydroxylation sites is 3. The third-order valence-corrected chi connectivity index (χ3v) is 3.57. The number of benzene rings is 2. The maximum atomic E-state index is 6.26. The highest BCUT2D eigenvalue weighted by atomic mass is 16.5. The molecule has 1 aromatic heterocycles. The van der Waals surface area contributed by atoms with Gasteiger partial charge in [0, 0.05) is 12.1 Å². The highest BCUT2D eigenvalue weighted by Gasteiger charge is 2.20. The molecule has 0 unspecified atom stereocenters. The van der Waals surface area contributed by atoms with Crippen molar-refractivity contribution in [3.8, 4) is 17.1 Å². The first-order valence-corrected chi connectivity index (χ1v) is 7.37. The van der Waals surface area contributed by atoms with Crippen LogP contribution in [0.25, 0.3) is 22.4 Å². The highest BCUT2D eigenvalue weighted by Crippen LogP contribution is 2.32. The van der Waals surface area contributed by atoms with Crippen LogP contribution in [0.1, 0.15) is 13.8 Å². The molecular weight excluding hydrogens is 274 g/mol. The number of methoxy groups -OCH3 is 1. The molecular formula is C18H21N3O. The van der Waals surface area contributed by atoms with Gasteiger partial charge in [0.1, 0.15) is 11.6 Å². The number of imidazole rings is 1. The fourth-order valence-electron chi connectivity index (χ4n) is 2.68. The van der Waals surface area contributed by atoms with Crippen molar-refractivity contribution >= 4 is 11.0 Å². The molecule has 0 radical (unpaired) electrons. The van der Waals surface area contributed by atoms with Gasteiger partial charge in [-0.1, -0.05) is 24.3 Å². The van der Waals surface area contributed by atoms with Gasteiger partial charge in [-0.05, 0) is 38.1 Å². The summed E-state index contributed by atoms with van der Waals surface area (Å²) >= 11 is 0. The van der Waals surface area contributed by atoms with Crippen molar-refractivity contribution in [2.24, 2.45) is 5.73 Å². The van der Waals surface area contributed by atoms with Crippen molar-refractivity contribution in [1.82, 2.24) is 9.55 Å². The minimum atomic E-state index is -0.333. The van der Waals surface area contributed by atoms with Crippen molar-refractivity contribution in [3.05, 3.63) is 48.5 Å². The predicted molar refractivity (Wildman–Crippen MR) is 90.0 cm³/mol. The van der Waals surface area contributed by atoms with Crippen molar-refractivity contribution in [2.75, 3.05) is 7.11 Å². The van der Waals surface area contributed by atoms with Crippen molar-refractivity contribution in [2.45, 2.75) is 25.9 Å². The zero-order valence-electron chi connectivity index (χ0n) is 13.2. The Kier molecular flexibility index (Phi) is 3.62. The minimum absolute atomic E-state index is 0.333. The summed E-state index contributed by atoms with van der Waals surface area (Å²) in [5.74, 6) is 1.70. The summed E-state index contributed by atoms with van der Waals surface area (Å²) < 4.78 is 7.67. The van der Waals surface area contributed by atoms with E-state index in [4.69, 9.17) is 15.5 Å². The predicted octanol–water partition coefficient (Wildman–Crippen LogP) is 3.45. The topological polar surface area (TPSA) is 53.1 Å². The molecule has 0 aliphatic carbocycles. The molecule has 0 amide bonds. The average Bonchev–Trinajstić information content (AvgIpc) is 2.84. The first kappa shape index (κ1) is 14.6. The molecule has 0 saturated heterocycles. The van der Waals surface area contributed by atoms with Crippen LogP contribution in [-0.4, -0.2) is 22.2 Å². The molecule has 0 aliphatic heterocycles. The van der Waals surface area contributed by atoms with E-state index in [0.717, 1.165) is 28.2 Å². The quantitative estimate of drug-likeness (QED) is 0.802. The van der Waals surface area contributed by atoms with Gasteiger partial charge >= 0.3 is 0 Å². The number of nitrogens with zero attached hydrogens (tertiary/aromatic N) is 2. The molecule has 0 aliphatic rings. The van der Waals surface area contributed by atoms with Crippen LogP contribution in [0.5, 0.6) is 5.75 Å². The van der Waals surface area contributed by atoms with E-state index in [9.17, 15) is 0 Å². The Morgan fingerprint density at radius 3 is 2.50 bits per heavy atom. The van der Waals surface area contributed by atoms with Gasteiger partial charge in [-0.25, -0.2) is 4.98 Å². The lowest BCUT2D eigenvalue weighted by Gasteiger charge is -2.21. The number of aromatic nitrogens is 2. The van der Waals surface area contributed by atoms with Gasteiger partial charge in [0.15, 0.2) is 0 Å². The number of hydrogen-bond acceptors (Lipinski definition) is 3. The van der Waals surface area contributed by atoms with Crippen LogP contribution < -0.4 is 10.5 Å². The lowest BCUT2D eigenvalue weighted by Crippen LogP contribution is -2.37. The van der Waals surface area contributed by atoms with E-state index >= 15 is 0 Å². The Hall–Kier alpha value is -2.33. The first-order chi connectivity index (χ1) is 10.5. The van der Waals surface area contributed by atoms with Gasteiger partial charge in [0.2, 0.25) is 0 Å². The Morgan fingerprint density at radius 2 is 1.77 bits per heavy atom. The molecule has 3 rings (SSSR count). The number of nitrogens with two attached hydrogens (primary N) is 1. The second-order valence-electron chi connectivity index (χ2n) is 6.20. The van der Waals surface area contributed by atoms with E-state index in [2.05, 4.69) is 10.6 Å². The Balaban J connectivity index is 2.26.